The van der Waals surface area contributed by atoms with Crippen LogP contribution < -0.4 is 5.73 Å². The quantitative estimate of drug-likeness (QED) is 0.858. The third-order valence-corrected chi connectivity index (χ3v) is 4.34. The van der Waals surface area contributed by atoms with Crippen LogP contribution in [0, 0.1) is 0 Å². The van der Waals surface area contributed by atoms with E-state index in [2.05, 4.69) is 45.9 Å². The van der Waals surface area contributed by atoms with Gasteiger partial charge >= 0.3 is 0 Å². The third-order valence-electron chi connectivity index (χ3n) is 4.34. The summed E-state index contributed by atoms with van der Waals surface area (Å²) in [5, 5.41) is 0. The van der Waals surface area contributed by atoms with E-state index in [1.54, 1.807) is 0 Å². The molecule has 2 atom stereocenters. The van der Waals surface area contributed by atoms with Crippen LogP contribution in [-0.4, -0.2) is 12.7 Å². The Balaban J connectivity index is 2.20. The summed E-state index contributed by atoms with van der Waals surface area (Å²) < 4.78 is 5.73. The van der Waals surface area contributed by atoms with Crippen molar-refractivity contribution in [1.29, 1.82) is 0 Å². The zero-order valence-electron chi connectivity index (χ0n) is 13.4. The summed E-state index contributed by atoms with van der Waals surface area (Å²) >= 11 is 0. The van der Waals surface area contributed by atoms with Gasteiger partial charge in [-0.1, -0.05) is 45.9 Å². The minimum absolute atomic E-state index is 0.0942. The molecule has 2 N–H and O–H groups in total. The van der Waals surface area contributed by atoms with E-state index in [4.69, 9.17) is 10.5 Å². The van der Waals surface area contributed by atoms with Crippen molar-refractivity contribution in [3.05, 3.63) is 34.9 Å². The first-order chi connectivity index (χ1) is 9.49. The summed E-state index contributed by atoms with van der Waals surface area (Å²) in [5.74, 6) is 1.08. The van der Waals surface area contributed by atoms with Crippen molar-refractivity contribution in [2.75, 3.05) is 6.61 Å². The molecule has 1 saturated heterocycles. The maximum Gasteiger partial charge on any atom is 0.0594 e. The third kappa shape index (κ3) is 3.62. The second-order valence-electron chi connectivity index (χ2n) is 6.67. The molecule has 112 valence electrons. The Labute approximate surface area is 123 Å². The van der Waals surface area contributed by atoms with Crippen molar-refractivity contribution in [3.63, 3.8) is 0 Å². The maximum absolute atomic E-state index is 6.46. The highest BCUT2D eigenvalue weighted by atomic mass is 16.5. The highest BCUT2D eigenvalue weighted by Crippen LogP contribution is 2.31. The number of hydrogen-bond donors (Lipinski definition) is 1. The number of benzene rings is 1. The lowest BCUT2D eigenvalue weighted by Gasteiger charge is -2.22. The monoisotopic (exact) mass is 275 g/mol. The number of hydrogen-bond acceptors (Lipinski definition) is 2. The Morgan fingerprint density at radius 1 is 1.15 bits per heavy atom. The predicted octanol–water partition coefficient (Wildman–Crippen LogP) is 4.50. The van der Waals surface area contributed by atoms with Gasteiger partial charge in [-0.05, 0) is 47.8 Å². The van der Waals surface area contributed by atoms with Crippen molar-refractivity contribution in [1.82, 2.24) is 0 Å². The summed E-state index contributed by atoms with van der Waals surface area (Å²) in [6.45, 7) is 9.89. The molecule has 2 heteroatoms. The molecular formula is C18H29NO. The molecule has 1 aromatic rings. The van der Waals surface area contributed by atoms with Crippen LogP contribution in [0.2, 0.25) is 0 Å². The number of ether oxygens (including phenoxy) is 1. The lowest BCUT2D eigenvalue weighted by Crippen LogP contribution is -2.20. The van der Waals surface area contributed by atoms with E-state index in [0.29, 0.717) is 17.9 Å². The highest BCUT2D eigenvalue weighted by molar-refractivity contribution is 5.37. The molecule has 0 spiro atoms. The van der Waals surface area contributed by atoms with E-state index >= 15 is 0 Å². The van der Waals surface area contributed by atoms with E-state index in [1.807, 2.05) is 0 Å². The normalized spacial score (nSPS) is 20.9. The molecule has 1 aliphatic heterocycles. The first-order valence-electron chi connectivity index (χ1n) is 8.00. The molecule has 0 aromatic heterocycles. The van der Waals surface area contributed by atoms with E-state index in [-0.39, 0.29) is 6.04 Å². The highest BCUT2D eigenvalue weighted by Gasteiger charge is 2.22. The number of rotatable bonds is 5. The summed E-state index contributed by atoms with van der Waals surface area (Å²) in [5.41, 5.74) is 10.6. The standard InChI is InChI=1S/C18H29NO/c1-12(2)14-7-8-16(17(10-14)13(3)4)18(19)11-15-6-5-9-20-15/h7-8,10,12-13,15,18H,5-6,9,11,19H2,1-4H3. The summed E-state index contributed by atoms with van der Waals surface area (Å²) in [6.07, 6.45) is 3.64. The fourth-order valence-electron chi connectivity index (χ4n) is 3.03. The molecule has 1 fully saturated rings. The largest absolute Gasteiger partial charge is 0.378 e. The Bertz CT molecular complexity index is 433. The first-order valence-corrected chi connectivity index (χ1v) is 8.00. The topological polar surface area (TPSA) is 35.2 Å². The van der Waals surface area contributed by atoms with Crippen LogP contribution in [0.15, 0.2) is 18.2 Å². The Morgan fingerprint density at radius 2 is 1.90 bits per heavy atom. The smallest absolute Gasteiger partial charge is 0.0594 e. The molecule has 0 amide bonds. The molecule has 0 aliphatic carbocycles. The number of nitrogens with two attached hydrogens (primary N) is 1. The van der Waals surface area contributed by atoms with E-state index in [1.165, 1.54) is 23.1 Å². The Morgan fingerprint density at radius 3 is 2.45 bits per heavy atom. The van der Waals surface area contributed by atoms with Crippen LogP contribution in [0.1, 0.15) is 81.5 Å². The predicted molar refractivity (Wildman–Crippen MR) is 85.1 cm³/mol. The molecule has 1 aromatic carbocycles. The zero-order chi connectivity index (χ0) is 14.7. The zero-order valence-corrected chi connectivity index (χ0v) is 13.4. The molecule has 2 unspecified atom stereocenters. The second-order valence-corrected chi connectivity index (χ2v) is 6.67. The van der Waals surface area contributed by atoms with Crippen LogP contribution in [0.25, 0.3) is 0 Å². The SMILES string of the molecule is CC(C)c1ccc(C(N)CC2CCCO2)c(C(C)C)c1. The summed E-state index contributed by atoms with van der Waals surface area (Å²) in [7, 11) is 0. The first kappa shape index (κ1) is 15.5. The van der Waals surface area contributed by atoms with Gasteiger partial charge in [0.25, 0.3) is 0 Å². The van der Waals surface area contributed by atoms with Crippen molar-refractivity contribution in [2.45, 2.75) is 70.9 Å². The molecule has 1 heterocycles. The molecule has 0 saturated carbocycles. The molecule has 2 nitrogen and oxygen atoms in total. The fraction of sp³-hybridized carbons (Fsp3) is 0.667. The molecule has 1 aliphatic rings. The second kappa shape index (κ2) is 6.73. The van der Waals surface area contributed by atoms with Crippen molar-refractivity contribution < 1.29 is 4.74 Å². The summed E-state index contributed by atoms with van der Waals surface area (Å²) in [4.78, 5) is 0. The van der Waals surface area contributed by atoms with Gasteiger partial charge in [0.1, 0.15) is 0 Å². The van der Waals surface area contributed by atoms with Gasteiger partial charge in [-0.2, -0.15) is 0 Å². The van der Waals surface area contributed by atoms with Gasteiger partial charge in [0.05, 0.1) is 6.10 Å². The lowest BCUT2D eigenvalue weighted by molar-refractivity contribution is 0.0982. The maximum atomic E-state index is 6.46. The molecule has 20 heavy (non-hydrogen) atoms. The van der Waals surface area contributed by atoms with Gasteiger partial charge in [0.15, 0.2) is 0 Å². The minimum Gasteiger partial charge on any atom is -0.378 e. The van der Waals surface area contributed by atoms with E-state index in [0.717, 1.165) is 19.4 Å². The van der Waals surface area contributed by atoms with Gasteiger partial charge < -0.3 is 10.5 Å². The van der Waals surface area contributed by atoms with Gasteiger partial charge in [-0.25, -0.2) is 0 Å². The average Bonchev–Trinajstić information content (AvgIpc) is 2.90. The average molecular weight is 275 g/mol. The van der Waals surface area contributed by atoms with Crippen molar-refractivity contribution in [2.24, 2.45) is 5.73 Å². The Kier molecular flexibility index (Phi) is 5.22. The Hall–Kier alpha value is -0.860. The van der Waals surface area contributed by atoms with E-state index < -0.39 is 0 Å². The van der Waals surface area contributed by atoms with Gasteiger partial charge in [0.2, 0.25) is 0 Å². The van der Waals surface area contributed by atoms with Crippen LogP contribution in [0.3, 0.4) is 0 Å². The summed E-state index contributed by atoms with van der Waals surface area (Å²) in [6, 6.07) is 6.92. The fourth-order valence-corrected chi connectivity index (χ4v) is 3.03. The van der Waals surface area contributed by atoms with Gasteiger partial charge in [-0.3, -0.25) is 0 Å². The van der Waals surface area contributed by atoms with Crippen LogP contribution in [0.5, 0.6) is 0 Å². The van der Waals surface area contributed by atoms with Crippen LogP contribution >= 0.6 is 0 Å². The van der Waals surface area contributed by atoms with Crippen molar-refractivity contribution >= 4 is 0 Å². The van der Waals surface area contributed by atoms with Crippen LogP contribution in [0.4, 0.5) is 0 Å². The lowest BCUT2D eigenvalue weighted by atomic mass is 9.87. The minimum atomic E-state index is 0.0942. The van der Waals surface area contributed by atoms with Crippen molar-refractivity contribution in [3.8, 4) is 0 Å². The molecule has 0 bridgehead atoms. The molecule has 2 rings (SSSR count). The van der Waals surface area contributed by atoms with Crippen LogP contribution in [-0.2, 0) is 4.74 Å². The van der Waals surface area contributed by atoms with Gasteiger partial charge in [0, 0.05) is 12.6 Å². The molecular weight excluding hydrogens is 246 g/mol. The van der Waals surface area contributed by atoms with E-state index in [9.17, 15) is 0 Å². The van der Waals surface area contributed by atoms with Gasteiger partial charge in [-0.15, -0.1) is 0 Å². The molecule has 0 radical (unpaired) electrons.